The van der Waals surface area contributed by atoms with Crippen LogP contribution in [0.1, 0.15) is 0 Å². The molecule has 0 atom stereocenters. The van der Waals surface area contributed by atoms with Gasteiger partial charge in [0.2, 0.25) is 0 Å². The van der Waals surface area contributed by atoms with Gasteiger partial charge in [-0.1, -0.05) is 18.2 Å². The molecule has 0 aliphatic heterocycles. The monoisotopic (exact) mass is 226 g/mol. The first-order chi connectivity index (χ1) is 7.59. The molecule has 1 nitrogen and oxygen atoms in total. The van der Waals surface area contributed by atoms with Gasteiger partial charge in [-0.05, 0) is 24.3 Å². The van der Waals surface area contributed by atoms with E-state index in [0.29, 0.717) is 11.8 Å². The highest BCUT2D eigenvalue weighted by molar-refractivity contribution is 5.18. The van der Waals surface area contributed by atoms with Gasteiger partial charge in [-0.2, -0.15) is 0 Å². The molecular formula is C12H9F3O. The molecular weight excluding hydrogens is 217 g/mol. The summed E-state index contributed by atoms with van der Waals surface area (Å²) in [6, 6.07) is 10.8. The number of aromatic hydroxyl groups is 1. The molecule has 0 aromatic heterocycles. The van der Waals surface area contributed by atoms with Crippen LogP contribution in [0.3, 0.4) is 0 Å². The van der Waals surface area contributed by atoms with Crippen molar-refractivity contribution in [2.24, 2.45) is 0 Å². The van der Waals surface area contributed by atoms with Crippen LogP contribution in [0.2, 0.25) is 0 Å². The van der Waals surface area contributed by atoms with E-state index in [-0.39, 0.29) is 0 Å². The SMILES string of the molecule is Fc1ccc(F)c(F)c1.Oc1ccccc1. The molecule has 0 radical (unpaired) electrons. The van der Waals surface area contributed by atoms with Gasteiger partial charge in [0, 0.05) is 6.07 Å². The van der Waals surface area contributed by atoms with Gasteiger partial charge in [0.15, 0.2) is 11.6 Å². The van der Waals surface area contributed by atoms with E-state index in [1.54, 1.807) is 24.3 Å². The summed E-state index contributed by atoms with van der Waals surface area (Å²) < 4.78 is 35.9. The Bertz CT molecular complexity index is 443. The maximum absolute atomic E-state index is 12.0. The van der Waals surface area contributed by atoms with Crippen LogP contribution in [0.15, 0.2) is 48.5 Å². The zero-order valence-corrected chi connectivity index (χ0v) is 8.20. The lowest BCUT2D eigenvalue weighted by Crippen LogP contribution is -1.83. The Labute approximate surface area is 90.8 Å². The number of halogens is 3. The van der Waals surface area contributed by atoms with Gasteiger partial charge in [-0.3, -0.25) is 0 Å². The second-order valence-electron chi connectivity index (χ2n) is 2.89. The fourth-order valence-electron chi connectivity index (χ4n) is 0.898. The predicted molar refractivity (Wildman–Crippen MR) is 54.4 cm³/mol. The van der Waals surface area contributed by atoms with Crippen LogP contribution in [-0.2, 0) is 0 Å². The summed E-state index contributed by atoms with van der Waals surface area (Å²) in [4.78, 5) is 0. The summed E-state index contributed by atoms with van der Waals surface area (Å²) in [7, 11) is 0. The average Bonchev–Trinajstić information content (AvgIpc) is 2.26. The molecule has 4 heteroatoms. The maximum atomic E-state index is 12.0. The third kappa shape index (κ3) is 4.04. The molecule has 2 aromatic carbocycles. The van der Waals surface area contributed by atoms with Crippen molar-refractivity contribution in [1.82, 2.24) is 0 Å². The standard InChI is InChI=1S/C6H3F3.C6H6O/c7-4-1-2-5(8)6(9)3-4;7-6-4-2-1-3-5-6/h1-3H;1-5,7H. The van der Waals surface area contributed by atoms with Crippen molar-refractivity contribution in [2.75, 3.05) is 0 Å². The highest BCUT2D eigenvalue weighted by Crippen LogP contribution is 2.06. The number of phenolic OH excluding ortho intramolecular Hbond substituents is 1. The highest BCUT2D eigenvalue weighted by Gasteiger charge is 1.99. The summed E-state index contributed by atoms with van der Waals surface area (Å²) in [6.45, 7) is 0. The zero-order valence-electron chi connectivity index (χ0n) is 8.20. The topological polar surface area (TPSA) is 20.2 Å². The summed E-state index contributed by atoms with van der Waals surface area (Å²) in [5, 5.41) is 8.63. The minimum atomic E-state index is -1.16. The van der Waals surface area contributed by atoms with Crippen LogP contribution in [0.5, 0.6) is 5.75 Å². The molecule has 1 N–H and O–H groups in total. The summed E-state index contributed by atoms with van der Waals surface area (Å²) in [6.07, 6.45) is 0. The van der Waals surface area contributed by atoms with Crippen LogP contribution in [0.25, 0.3) is 0 Å². The van der Waals surface area contributed by atoms with E-state index in [0.717, 1.165) is 12.1 Å². The first kappa shape index (κ1) is 12.1. The Morgan fingerprint density at radius 1 is 0.750 bits per heavy atom. The molecule has 0 amide bonds. The zero-order chi connectivity index (χ0) is 12.0. The van der Waals surface area contributed by atoms with Crippen LogP contribution in [0.4, 0.5) is 13.2 Å². The van der Waals surface area contributed by atoms with Gasteiger partial charge in [0.1, 0.15) is 11.6 Å². The molecule has 0 saturated carbocycles. The van der Waals surface area contributed by atoms with Crippen molar-refractivity contribution in [2.45, 2.75) is 0 Å². The Kier molecular flexibility index (Phi) is 4.39. The molecule has 84 valence electrons. The van der Waals surface area contributed by atoms with E-state index in [2.05, 4.69) is 0 Å². The molecule has 0 bridgehead atoms. The minimum Gasteiger partial charge on any atom is -0.508 e. The summed E-state index contributed by atoms with van der Waals surface area (Å²) >= 11 is 0. The van der Waals surface area contributed by atoms with Crippen molar-refractivity contribution < 1.29 is 18.3 Å². The molecule has 16 heavy (non-hydrogen) atoms. The van der Waals surface area contributed by atoms with Crippen LogP contribution in [-0.4, -0.2) is 5.11 Å². The molecule has 0 fully saturated rings. The molecule has 0 aliphatic rings. The lowest BCUT2D eigenvalue weighted by Gasteiger charge is -1.88. The predicted octanol–water partition coefficient (Wildman–Crippen LogP) is 3.50. The second-order valence-corrected chi connectivity index (χ2v) is 2.89. The Hall–Kier alpha value is -1.97. The normalized spacial score (nSPS) is 9.19. The lowest BCUT2D eigenvalue weighted by molar-refractivity contribution is 0.475. The van der Waals surface area contributed by atoms with Gasteiger partial charge < -0.3 is 5.11 Å². The van der Waals surface area contributed by atoms with Crippen LogP contribution in [0, 0.1) is 17.5 Å². The molecule has 0 saturated heterocycles. The smallest absolute Gasteiger partial charge is 0.161 e. The molecule has 0 aliphatic carbocycles. The van der Waals surface area contributed by atoms with Crippen molar-refractivity contribution in [3.8, 4) is 5.75 Å². The Morgan fingerprint density at radius 3 is 1.75 bits per heavy atom. The molecule has 2 aromatic rings. The highest BCUT2D eigenvalue weighted by atomic mass is 19.2. The minimum absolute atomic E-state index is 0.322. The van der Waals surface area contributed by atoms with E-state index in [1.165, 1.54) is 0 Å². The second kappa shape index (κ2) is 5.80. The number of hydrogen-bond acceptors (Lipinski definition) is 1. The number of rotatable bonds is 0. The van der Waals surface area contributed by atoms with Crippen molar-refractivity contribution in [1.29, 1.82) is 0 Å². The first-order valence-corrected chi connectivity index (χ1v) is 4.44. The Balaban J connectivity index is 0.000000165. The fourth-order valence-corrected chi connectivity index (χ4v) is 0.898. The first-order valence-electron chi connectivity index (χ1n) is 4.44. The quantitative estimate of drug-likeness (QED) is 0.681. The third-order valence-corrected chi connectivity index (χ3v) is 1.64. The number of phenols is 1. The average molecular weight is 226 g/mol. The van der Waals surface area contributed by atoms with Gasteiger partial charge >= 0.3 is 0 Å². The van der Waals surface area contributed by atoms with Crippen molar-refractivity contribution in [3.05, 3.63) is 66.0 Å². The van der Waals surface area contributed by atoms with Gasteiger partial charge in [-0.25, -0.2) is 13.2 Å². The number of para-hydroxylation sites is 1. The lowest BCUT2D eigenvalue weighted by atomic mass is 10.3. The molecule has 0 heterocycles. The third-order valence-electron chi connectivity index (χ3n) is 1.64. The number of hydrogen-bond donors (Lipinski definition) is 1. The van der Waals surface area contributed by atoms with Crippen LogP contribution < -0.4 is 0 Å². The summed E-state index contributed by atoms with van der Waals surface area (Å²) in [5.41, 5.74) is 0. The molecule has 0 unspecified atom stereocenters. The summed E-state index contributed by atoms with van der Waals surface area (Å²) in [5.74, 6) is -2.64. The maximum Gasteiger partial charge on any atom is 0.161 e. The van der Waals surface area contributed by atoms with E-state index < -0.39 is 17.5 Å². The van der Waals surface area contributed by atoms with Crippen LogP contribution >= 0.6 is 0 Å². The largest absolute Gasteiger partial charge is 0.508 e. The number of benzene rings is 2. The molecule has 2 rings (SSSR count). The van der Waals surface area contributed by atoms with E-state index in [1.807, 2.05) is 6.07 Å². The fraction of sp³-hybridized carbons (Fsp3) is 0. The van der Waals surface area contributed by atoms with E-state index in [9.17, 15) is 13.2 Å². The van der Waals surface area contributed by atoms with E-state index in [4.69, 9.17) is 5.11 Å². The van der Waals surface area contributed by atoms with Gasteiger partial charge in [0.25, 0.3) is 0 Å². The van der Waals surface area contributed by atoms with Crippen molar-refractivity contribution >= 4 is 0 Å². The molecule has 0 spiro atoms. The Morgan fingerprint density at radius 2 is 1.38 bits per heavy atom. The van der Waals surface area contributed by atoms with E-state index >= 15 is 0 Å². The van der Waals surface area contributed by atoms with Gasteiger partial charge in [0.05, 0.1) is 0 Å². The van der Waals surface area contributed by atoms with Crippen molar-refractivity contribution in [3.63, 3.8) is 0 Å². The van der Waals surface area contributed by atoms with Gasteiger partial charge in [-0.15, -0.1) is 0 Å².